The van der Waals surface area contributed by atoms with Crippen LogP contribution >= 0.6 is 11.8 Å². The smallest absolute Gasteiger partial charge is 0.171 e. The van der Waals surface area contributed by atoms with Gasteiger partial charge in [0.1, 0.15) is 5.78 Å². The van der Waals surface area contributed by atoms with Crippen LogP contribution in [-0.2, 0) is 4.79 Å². The lowest BCUT2D eigenvalue weighted by atomic mass is 10.0. The minimum Gasteiger partial charge on any atom is -0.489 e. The van der Waals surface area contributed by atoms with Crippen LogP contribution in [0.15, 0.2) is 17.0 Å². The van der Waals surface area contributed by atoms with E-state index in [0.717, 1.165) is 25.0 Å². The van der Waals surface area contributed by atoms with Crippen LogP contribution in [0.3, 0.4) is 0 Å². The number of fused-ring (bicyclic) bond motifs is 1. The normalized spacial score (nSPS) is 17.9. The quantitative estimate of drug-likeness (QED) is 0.631. The first-order chi connectivity index (χ1) is 9.66. The summed E-state index contributed by atoms with van der Waals surface area (Å²) in [4.78, 5) is 24.6. The van der Waals surface area contributed by atoms with E-state index in [1.807, 2.05) is 0 Å². The molecule has 1 aliphatic heterocycles. The summed E-state index contributed by atoms with van der Waals surface area (Å²) < 4.78 is 19.2. The van der Waals surface area contributed by atoms with Gasteiger partial charge >= 0.3 is 0 Å². The molecule has 0 atom stereocenters. The van der Waals surface area contributed by atoms with Gasteiger partial charge < -0.3 is 4.74 Å². The van der Waals surface area contributed by atoms with Crippen LogP contribution < -0.4 is 4.74 Å². The van der Waals surface area contributed by atoms with E-state index >= 15 is 0 Å². The van der Waals surface area contributed by atoms with Gasteiger partial charge in [-0.15, -0.1) is 11.8 Å². The predicted molar refractivity (Wildman–Crippen MR) is 73.9 cm³/mol. The van der Waals surface area contributed by atoms with Crippen LogP contribution in [0.2, 0.25) is 0 Å². The van der Waals surface area contributed by atoms with Crippen molar-refractivity contribution in [2.75, 3.05) is 12.4 Å². The first-order valence-corrected chi connectivity index (χ1v) is 7.79. The highest BCUT2D eigenvalue weighted by Crippen LogP contribution is 2.39. The Hall–Kier alpha value is -1.36. The van der Waals surface area contributed by atoms with E-state index < -0.39 is 5.82 Å². The molecule has 0 unspecified atom stereocenters. The molecule has 0 radical (unpaired) electrons. The minimum absolute atomic E-state index is 0.00705. The molecular weight excluding hydrogens is 279 g/mol. The average Bonchev–Trinajstić information content (AvgIpc) is 3.25. The van der Waals surface area contributed by atoms with Crippen molar-refractivity contribution in [2.45, 2.75) is 30.6 Å². The number of hydrogen-bond acceptors (Lipinski definition) is 4. The molecule has 0 spiro atoms. The van der Waals surface area contributed by atoms with E-state index in [4.69, 9.17) is 4.74 Å². The number of carbonyl (C=O) groups excluding carboxylic acids is 2. The summed E-state index contributed by atoms with van der Waals surface area (Å²) in [6, 6.07) is 2.72. The zero-order valence-electron chi connectivity index (χ0n) is 11.0. The molecule has 0 bridgehead atoms. The summed E-state index contributed by atoms with van der Waals surface area (Å²) in [7, 11) is 0. The summed E-state index contributed by atoms with van der Waals surface area (Å²) in [5.41, 5.74) is 0.419. The SMILES string of the molecule is O=C(CC(=O)C1CC1)c1ccc(F)c2c1SCCCO2. The fraction of sp³-hybridized carbons (Fsp3) is 0.467. The molecule has 0 saturated heterocycles. The molecule has 1 heterocycles. The maximum absolute atomic E-state index is 13.8. The maximum atomic E-state index is 13.8. The number of halogens is 1. The second kappa shape index (κ2) is 5.56. The standard InChI is InChI=1S/C15H15FO3S/c16-11-5-4-10(13(18)8-12(17)9-2-3-9)15-14(11)19-6-1-7-20-15/h4-5,9H,1-3,6-8H2. The largest absolute Gasteiger partial charge is 0.489 e. The van der Waals surface area contributed by atoms with E-state index in [9.17, 15) is 14.0 Å². The number of ketones is 2. The molecule has 1 fully saturated rings. The monoisotopic (exact) mass is 294 g/mol. The highest BCUT2D eigenvalue weighted by Gasteiger charge is 2.32. The Morgan fingerprint density at radius 1 is 1.35 bits per heavy atom. The molecular formula is C15H15FO3S. The maximum Gasteiger partial charge on any atom is 0.171 e. The summed E-state index contributed by atoms with van der Waals surface area (Å²) in [5, 5.41) is 0. The van der Waals surface area contributed by atoms with E-state index in [0.29, 0.717) is 17.1 Å². The van der Waals surface area contributed by atoms with Crippen LogP contribution in [0, 0.1) is 11.7 Å². The van der Waals surface area contributed by atoms with Gasteiger partial charge in [-0.2, -0.15) is 0 Å². The van der Waals surface area contributed by atoms with Gasteiger partial charge in [0.05, 0.1) is 17.9 Å². The van der Waals surface area contributed by atoms with Crippen LogP contribution in [-0.4, -0.2) is 23.9 Å². The van der Waals surface area contributed by atoms with Crippen molar-refractivity contribution in [3.05, 3.63) is 23.5 Å². The van der Waals surface area contributed by atoms with Gasteiger partial charge in [-0.05, 0) is 31.4 Å². The topological polar surface area (TPSA) is 43.4 Å². The number of ether oxygens (including phenoxy) is 1. The number of hydrogen-bond donors (Lipinski definition) is 0. The molecule has 106 valence electrons. The molecule has 2 aliphatic rings. The van der Waals surface area contributed by atoms with Crippen LogP contribution in [0.25, 0.3) is 0 Å². The summed E-state index contributed by atoms with van der Waals surface area (Å²) in [5.74, 6) is 0.357. The summed E-state index contributed by atoms with van der Waals surface area (Å²) >= 11 is 1.43. The molecule has 1 saturated carbocycles. The Kier molecular flexibility index (Phi) is 3.78. The van der Waals surface area contributed by atoms with Crippen molar-refractivity contribution in [1.29, 1.82) is 0 Å². The molecule has 3 nitrogen and oxygen atoms in total. The fourth-order valence-electron chi connectivity index (χ4n) is 2.25. The van der Waals surface area contributed by atoms with Crippen molar-refractivity contribution in [3.8, 4) is 5.75 Å². The zero-order chi connectivity index (χ0) is 14.1. The third kappa shape index (κ3) is 2.73. The van der Waals surface area contributed by atoms with Crippen molar-refractivity contribution < 1.29 is 18.7 Å². The lowest BCUT2D eigenvalue weighted by Gasteiger charge is -2.11. The van der Waals surface area contributed by atoms with Crippen molar-refractivity contribution >= 4 is 23.3 Å². The van der Waals surface area contributed by atoms with E-state index in [2.05, 4.69) is 0 Å². The second-order valence-corrected chi connectivity index (χ2v) is 6.25. The van der Waals surface area contributed by atoms with Gasteiger partial charge in [0.25, 0.3) is 0 Å². The van der Waals surface area contributed by atoms with E-state index in [-0.39, 0.29) is 29.7 Å². The van der Waals surface area contributed by atoms with Gasteiger partial charge in [-0.1, -0.05) is 0 Å². The number of thioether (sulfide) groups is 1. The summed E-state index contributed by atoms with van der Waals surface area (Å²) in [6.07, 6.45) is 2.52. The molecule has 1 aliphatic carbocycles. The van der Waals surface area contributed by atoms with Crippen LogP contribution in [0.1, 0.15) is 36.0 Å². The number of rotatable bonds is 4. The van der Waals surface area contributed by atoms with Gasteiger partial charge in [0.2, 0.25) is 0 Å². The molecule has 1 aromatic rings. The van der Waals surface area contributed by atoms with Gasteiger partial charge in [-0.3, -0.25) is 9.59 Å². The highest BCUT2D eigenvalue weighted by molar-refractivity contribution is 7.99. The van der Waals surface area contributed by atoms with Crippen molar-refractivity contribution in [1.82, 2.24) is 0 Å². The van der Waals surface area contributed by atoms with Gasteiger partial charge in [0, 0.05) is 17.2 Å². The van der Waals surface area contributed by atoms with E-state index in [1.54, 1.807) is 0 Å². The summed E-state index contributed by atoms with van der Waals surface area (Å²) in [6.45, 7) is 0.454. The van der Waals surface area contributed by atoms with E-state index in [1.165, 1.54) is 23.9 Å². The molecule has 0 N–H and O–H groups in total. The molecule has 1 aromatic carbocycles. The van der Waals surface area contributed by atoms with Gasteiger partial charge in [-0.25, -0.2) is 4.39 Å². The number of benzene rings is 1. The average molecular weight is 294 g/mol. The first kappa shape index (κ1) is 13.6. The fourth-order valence-corrected chi connectivity index (χ4v) is 3.34. The highest BCUT2D eigenvalue weighted by atomic mass is 32.2. The van der Waals surface area contributed by atoms with Crippen LogP contribution in [0.5, 0.6) is 5.75 Å². The lowest BCUT2D eigenvalue weighted by Crippen LogP contribution is -2.11. The first-order valence-electron chi connectivity index (χ1n) is 6.81. The Morgan fingerprint density at radius 3 is 2.90 bits per heavy atom. The Labute approximate surface area is 120 Å². The number of Topliss-reactive ketones (excluding diaryl/α,β-unsaturated/α-hetero) is 2. The molecule has 5 heteroatoms. The second-order valence-electron chi connectivity index (χ2n) is 5.14. The van der Waals surface area contributed by atoms with Gasteiger partial charge in [0.15, 0.2) is 17.3 Å². The molecule has 20 heavy (non-hydrogen) atoms. The third-order valence-electron chi connectivity index (χ3n) is 3.51. The van der Waals surface area contributed by atoms with Crippen molar-refractivity contribution in [3.63, 3.8) is 0 Å². The Morgan fingerprint density at radius 2 is 2.15 bits per heavy atom. The predicted octanol–water partition coefficient (Wildman–Crippen LogP) is 3.25. The Balaban J connectivity index is 1.88. The lowest BCUT2D eigenvalue weighted by molar-refractivity contribution is -0.119. The molecule has 0 amide bonds. The third-order valence-corrected chi connectivity index (χ3v) is 4.70. The van der Waals surface area contributed by atoms with Crippen LogP contribution in [0.4, 0.5) is 4.39 Å². The van der Waals surface area contributed by atoms with Crippen molar-refractivity contribution in [2.24, 2.45) is 5.92 Å². The zero-order valence-corrected chi connectivity index (χ0v) is 11.8. The minimum atomic E-state index is -0.445. The number of carbonyl (C=O) groups is 2. The molecule has 3 rings (SSSR count). The Bertz CT molecular complexity index is 566. The molecule has 0 aromatic heterocycles.